The van der Waals surface area contributed by atoms with Gasteiger partial charge in [-0.1, -0.05) is 38.3 Å². The van der Waals surface area contributed by atoms with E-state index in [9.17, 15) is 14.4 Å². The van der Waals surface area contributed by atoms with Crippen molar-refractivity contribution in [1.82, 2.24) is 10.9 Å². The van der Waals surface area contributed by atoms with Gasteiger partial charge in [0, 0.05) is 24.6 Å². The Hall–Kier alpha value is -2.37. The Morgan fingerprint density at radius 1 is 1.00 bits per heavy atom. The van der Waals surface area contributed by atoms with Crippen molar-refractivity contribution in [2.24, 2.45) is 11.8 Å². The smallest absolute Gasteiger partial charge is 0.243 e. The molecule has 2 N–H and O–H groups in total. The summed E-state index contributed by atoms with van der Waals surface area (Å²) in [6.45, 7) is 2.42. The highest BCUT2D eigenvalue weighted by atomic mass is 16.2. The number of rotatable bonds is 4. The maximum absolute atomic E-state index is 12.4. The molecule has 1 aromatic rings. The van der Waals surface area contributed by atoms with Gasteiger partial charge in [0.1, 0.15) is 0 Å². The van der Waals surface area contributed by atoms with Crippen LogP contribution in [0.2, 0.25) is 0 Å². The van der Waals surface area contributed by atoms with Crippen LogP contribution >= 0.6 is 0 Å². The van der Waals surface area contributed by atoms with E-state index in [0.717, 1.165) is 37.8 Å². The van der Waals surface area contributed by atoms with Crippen LogP contribution in [0.1, 0.15) is 51.0 Å². The van der Waals surface area contributed by atoms with Crippen LogP contribution in [0.15, 0.2) is 24.3 Å². The van der Waals surface area contributed by atoms with Gasteiger partial charge >= 0.3 is 0 Å². The minimum absolute atomic E-state index is 0.0113. The maximum atomic E-state index is 12.4. The number of hydrogen-bond acceptors (Lipinski definition) is 3. The van der Waals surface area contributed by atoms with Crippen molar-refractivity contribution in [3.63, 3.8) is 0 Å². The second kappa shape index (κ2) is 8.34. The molecule has 0 spiro atoms. The minimum Gasteiger partial charge on any atom is -0.312 e. The molecule has 1 aliphatic carbocycles. The minimum atomic E-state index is -0.444. The Balaban J connectivity index is 1.52. The zero-order valence-corrected chi connectivity index (χ0v) is 15.3. The lowest BCUT2D eigenvalue weighted by molar-refractivity contribution is -0.133. The lowest BCUT2D eigenvalue weighted by Crippen LogP contribution is -2.47. The van der Waals surface area contributed by atoms with E-state index in [0.29, 0.717) is 6.54 Å². The number of hydrazine groups is 1. The zero-order valence-electron chi connectivity index (χ0n) is 15.3. The highest BCUT2D eigenvalue weighted by Crippen LogP contribution is 2.26. The second-order valence-electron chi connectivity index (χ2n) is 7.24. The van der Waals surface area contributed by atoms with Crippen molar-refractivity contribution in [3.05, 3.63) is 29.8 Å². The SMILES string of the molecule is CCc1ccc(N2C[C@H](C(=O)NNC(=O)C3CCCCC3)CC2=O)cc1. The summed E-state index contributed by atoms with van der Waals surface area (Å²) in [7, 11) is 0. The third-order valence-electron chi connectivity index (χ3n) is 5.44. The monoisotopic (exact) mass is 357 g/mol. The lowest BCUT2D eigenvalue weighted by atomic mass is 9.89. The van der Waals surface area contributed by atoms with Gasteiger partial charge in [-0.3, -0.25) is 25.2 Å². The normalized spacial score (nSPS) is 20.9. The van der Waals surface area contributed by atoms with E-state index in [1.165, 1.54) is 12.0 Å². The molecule has 1 atom stereocenters. The van der Waals surface area contributed by atoms with Crippen molar-refractivity contribution in [2.75, 3.05) is 11.4 Å². The first-order valence-corrected chi connectivity index (χ1v) is 9.57. The highest BCUT2D eigenvalue weighted by molar-refractivity contribution is 6.00. The number of nitrogens with one attached hydrogen (secondary N) is 2. The van der Waals surface area contributed by atoms with Gasteiger partial charge in [0.2, 0.25) is 17.7 Å². The van der Waals surface area contributed by atoms with Crippen LogP contribution in [0.25, 0.3) is 0 Å². The van der Waals surface area contributed by atoms with Crippen LogP contribution in [-0.2, 0) is 20.8 Å². The first kappa shape index (κ1) is 18.4. The standard InChI is InChI=1S/C20H27N3O3/c1-2-14-8-10-17(11-9-14)23-13-16(12-18(23)24)20(26)22-21-19(25)15-6-4-3-5-7-15/h8-11,15-16H,2-7,12-13H2,1H3,(H,21,25)(H,22,26)/t16-/m1/s1. The predicted octanol–water partition coefficient (Wildman–Crippen LogP) is 2.33. The quantitative estimate of drug-likeness (QED) is 0.812. The van der Waals surface area contributed by atoms with E-state index in [-0.39, 0.29) is 30.1 Å². The fourth-order valence-electron chi connectivity index (χ4n) is 3.74. The lowest BCUT2D eigenvalue weighted by Gasteiger charge is -2.21. The predicted molar refractivity (Wildman–Crippen MR) is 99.1 cm³/mol. The van der Waals surface area contributed by atoms with Crippen molar-refractivity contribution in [3.8, 4) is 0 Å². The molecule has 1 saturated heterocycles. The van der Waals surface area contributed by atoms with Crippen molar-refractivity contribution in [2.45, 2.75) is 51.9 Å². The van der Waals surface area contributed by atoms with Gasteiger partial charge in [-0.25, -0.2) is 0 Å². The highest BCUT2D eigenvalue weighted by Gasteiger charge is 2.35. The zero-order chi connectivity index (χ0) is 18.5. The van der Waals surface area contributed by atoms with E-state index >= 15 is 0 Å². The molecular formula is C20H27N3O3. The van der Waals surface area contributed by atoms with Crippen LogP contribution in [0, 0.1) is 11.8 Å². The Morgan fingerprint density at radius 2 is 1.62 bits per heavy atom. The molecule has 1 aromatic carbocycles. The van der Waals surface area contributed by atoms with Gasteiger partial charge in [0.25, 0.3) is 0 Å². The van der Waals surface area contributed by atoms with E-state index < -0.39 is 5.92 Å². The van der Waals surface area contributed by atoms with Crippen LogP contribution in [-0.4, -0.2) is 24.3 Å². The van der Waals surface area contributed by atoms with Crippen molar-refractivity contribution in [1.29, 1.82) is 0 Å². The Kier molecular flexibility index (Phi) is 5.91. The molecule has 6 heteroatoms. The Morgan fingerprint density at radius 3 is 2.23 bits per heavy atom. The summed E-state index contributed by atoms with van der Waals surface area (Å²) in [6.07, 6.45) is 6.18. The van der Waals surface area contributed by atoms with Gasteiger partial charge in [-0.15, -0.1) is 0 Å². The third kappa shape index (κ3) is 4.23. The Bertz CT molecular complexity index is 665. The topological polar surface area (TPSA) is 78.5 Å². The number of carbonyl (C=O) groups excluding carboxylic acids is 3. The third-order valence-corrected chi connectivity index (χ3v) is 5.44. The molecule has 2 fully saturated rings. The molecular weight excluding hydrogens is 330 g/mol. The largest absolute Gasteiger partial charge is 0.312 e. The summed E-state index contributed by atoms with van der Waals surface area (Å²) in [5.41, 5.74) is 7.08. The fourth-order valence-corrected chi connectivity index (χ4v) is 3.74. The van der Waals surface area contributed by atoms with E-state index in [1.54, 1.807) is 4.90 Å². The number of amides is 3. The first-order valence-electron chi connectivity index (χ1n) is 9.57. The van der Waals surface area contributed by atoms with Crippen molar-refractivity contribution < 1.29 is 14.4 Å². The van der Waals surface area contributed by atoms with E-state index in [2.05, 4.69) is 17.8 Å². The van der Waals surface area contributed by atoms with Crippen LogP contribution in [0.3, 0.4) is 0 Å². The molecule has 0 aromatic heterocycles. The number of benzene rings is 1. The molecule has 3 amide bonds. The first-order chi connectivity index (χ1) is 12.6. The summed E-state index contributed by atoms with van der Waals surface area (Å²) in [4.78, 5) is 38.4. The summed E-state index contributed by atoms with van der Waals surface area (Å²) in [6, 6.07) is 7.84. The molecule has 0 unspecified atom stereocenters. The molecule has 26 heavy (non-hydrogen) atoms. The molecule has 140 valence electrons. The summed E-state index contributed by atoms with van der Waals surface area (Å²) >= 11 is 0. The van der Waals surface area contributed by atoms with Gasteiger partial charge in [-0.2, -0.15) is 0 Å². The average Bonchev–Trinajstić information content (AvgIpc) is 3.08. The molecule has 3 rings (SSSR count). The average molecular weight is 357 g/mol. The Labute approximate surface area is 154 Å². The molecule has 1 heterocycles. The van der Waals surface area contributed by atoms with Crippen LogP contribution in [0.5, 0.6) is 0 Å². The molecule has 2 aliphatic rings. The molecule has 1 aliphatic heterocycles. The van der Waals surface area contributed by atoms with Gasteiger partial charge < -0.3 is 4.90 Å². The maximum Gasteiger partial charge on any atom is 0.243 e. The number of aryl methyl sites for hydroxylation is 1. The number of hydrogen-bond donors (Lipinski definition) is 2. The molecule has 6 nitrogen and oxygen atoms in total. The number of anilines is 1. The summed E-state index contributed by atoms with van der Waals surface area (Å²) in [5.74, 6) is -0.930. The number of nitrogens with zero attached hydrogens (tertiary/aromatic N) is 1. The van der Waals surface area contributed by atoms with Gasteiger partial charge in [-0.05, 0) is 37.0 Å². The van der Waals surface area contributed by atoms with Gasteiger partial charge in [0.15, 0.2) is 0 Å². The molecule has 0 bridgehead atoms. The number of carbonyl (C=O) groups is 3. The molecule has 0 radical (unpaired) electrons. The van der Waals surface area contributed by atoms with E-state index in [4.69, 9.17) is 0 Å². The van der Waals surface area contributed by atoms with E-state index in [1.807, 2.05) is 24.3 Å². The van der Waals surface area contributed by atoms with Crippen LogP contribution < -0.4 is 15.8 Å². The summed E-state index contributed by atoms with van der Waals surface area (Å²) < 4.78 is 0. The van der Waals surface area contributed by atoms with Gasteiger partial charge in [0.05, 0.1) is 5.92 Å². The van der Waals surface area contributed by atoms with Crippen molar-refractivity contribution >= 4 is 23.4 Å². The van der Waals surface area contributed by atoms with Crippen LogP contribution in [0.4, 0.5) is 5.69 Å². The summed E-state index contributed by atoms with van der Waals surface area (Å²) in [5, 5.41) is 0. The molecule has 1 saturated carbocycles. The fraction of sp³-hybridized carbons (Fsp3) is 0.550. The second-order valence-corrected chi connectivity index (χ2v) is 7.24.